The minimum atomic E-state index is -0.631. The number of anilines is 1. The van der Waals surface area contributed by atoms with E-state index in [9.17, 15) is 10.2 Å². The van der Waals surface area contributed by atoms with E-state index in [1.807, 2.05) is 4.57 Å². The summed E-state index contributed by atoms with van der Waals surface area (Å²) in [6, 6.07) is 8.81. The van der Waals surface area contributed by atoms with Gasteiger partial charge in [0.1, 0.15) is 12.6 Å². The lowest BCUT2D eigenvalue weighted by Gasteiger charge is -2.32. The van der Waals surface area contributed by atoms with E-state index in [4.69, 9.17) is 9.47 Å². The van der Waals surface area contributed by atoms with Gasteiger partial charge in [-0.15, -0.1) is 0 Å². The number of aromatic nitrogens is 4. The maximum Gasteiger partial charge on any atom is 0.167 e. The van der Waals surface area contributed by atoms with Gasteiger partial charge in [-0.05, 0) is 36.3 Å². The first-order chi connectivity index (χ1) is 17.0. The normalized spacial score (nSPS) is 27.1. The van der Waals surface area contributed by atoms with Crippen LogP contribution in [0.3, 0.4) is 0 Å². The minimum absolute atomic E-state index is 0.0946. The fourth-order valence-corrected chi connectivity index (χ4v) is 5.02. The van der Waals surface area contributed by atoms with Crippen molar-refractivity contribution in [2.45, 2.75) is 76.5 Å². The summed E-state index contributed by atoms with van der Waals surface area (Å²) in [7, 11) is 0. The van der Waals surface area contributed by atoms with Crippen molar-refractivity contribution < 1.29 is 19.7 Å². The summed E-state index contributed by atoms with van der Waals surface area (Å²) in [5.74, 6) is 0.939. The molecule has 1 aromatic carbocycles. The van der Waals surface area contributed by atoms with Crippen molar-refractivity contribution in [1.82, 2.24) is 19.5 Å². The molecule has 1 saturated heterocycles. The fourth-order valence-electron chi connectivity index (χ4n) is 5.02. The molecule has 0 bridgehead atoms. The van der Waals surface area contributed by atoms with E-state index in [-0.39, 0.29) is 30.9 Å². The average Bonchev–Trinajstić information content (AvgIpc) is 3.50. The van der Waals surface area contributed by atoms with E-state index >= 15 is 0 Å². The third-order valence-corrected chi connectivity index (χ3v) is 7.28. The highest BCUT2D eigenvalue weighted by atomic mass is 16.5. The van der Waals surface area contributed by atoms with Gasteiger partial charge in [-0.2, -0.15) is 0 Å². The predicted molar refractivity (Wildman–Crippen MR) is 132 cm³/mol. The molecule has 9 nitrogen and oxygen atoms in total. The zero-order chi connectivity index (χ0) is 24.4. The molecular weight excluding hydrogens is 446 g/mol. The molecule has 5 unspecified atom stereocenters. The third kappa shape index (κ3) is 5.18. The third-order valence-electron chi connectivity index (χ3n) is 7.28. The Balaban J connectivity index is 1.26. The molecule has 1 aliphatic heterocycles. The van der Waals surface area contributed by atoms with Crippen molar-refractivity contribution >= 4 is 17.0 Å². The fraction of sp³-hybridized carbons (Fsp3) is 0.577. The molecule has 1 aliphatic carbocycles. The van der Waals surface area contributed by atoms with Gasteiger partial charge in [0.15, 0.2) is 17.0 Å². The Hall–Kier alpha value is -2.59. The summed E-state index contributed by atoms with van der Waals surface area (Å²) in [6.45, 7) is 5.19. The number of aliphatic hydroxyl groups is 2. The Bertz CT molecular complexity index is 1120. The van der Waals surface area contributed by atoms with Crippen molar-refractivity contribution in [3.05, 3.63) is 48.0 Å². The van der Waals surface area contributed by atoms with Gasteiger partial charge < -0.3 is 25.0 Å². The van der Waals surface area contributed by atoms with Gasteiger partial charge in [0, 0.05) is 12.3 Å². The van der Waals surface area contributed by atoms with Gasteiger partial charge in [0.05, 0.1) is 44.4 Å². The van der Waals surface area contributed by atoms with Crippen LogP contribution >= 0.6 is 0 Å². The van der Waals surface area contributed by atoms with Gasteiger partial charge in [-0.25, -0.2) is 15.0 Å². The summed E-state index contributed by atoms with van der Waals surface area (Å²) in [4.78, 5) is 13.5. The maximum absolute atomic E-state index is 10.3. The van der Waals surface area contributed by atoms with Gasteiger partial charge in [-0.1, -0.05) is 38.1 Å². The Labute approximate surface area is 205 Å². The molecule has 5 rings (SSSR count). The molecule has 0 radical (unpaired) electrons. The van der Waals surface area contributed by atoms with E-state index in [0.717, 1.165) is 19.3 Å². The first-order valence-corrected chi connectivity index (χ1v) is 12.6. The van der Waals surface area contributed by atoms with Crippen LogP contribution in [0.15, 0.2) is 36.9 Å². The topological polar surface area (TPSA) is 115 Å². The van der Waals surface area contributed by atoms with Crippen molar-refractivity contribution in [3.8, 4) is 0 Å². The minimum Gasteiger partial charge on any atom is -0.396 e. The lowest BCUT2D eigenvalue weighted by molar-refractivity contribution is -0.123. The average molecular weight is 482 g/mol. The molecule has 5 atom stereocenters. The Morgan fingerprint density at radius 2 is 2.00 bits per heavy atom. The van der Waals surface area contributed by atoms with Gasteiger partial charge in [0.2, 0.25) is 0 Å². The maximum atomic E-state index is 10.3. The number of hydrogen-bond acceptors (Lipinski definition) is 8. The van der Waals surface area contributed by atoms with Gasteiger partial charge in [-0.3, -0.25) is 4.57 Å². The number of benzene rings is 1. The van der Waals surface area contributed by atoms with E-state index in [1.165, 1.54) is 17.5 Å². The number of nitrogens with zero attached hydrogens (tertiary/aromatic N) is 4. The smallest absolute Gasteiger partial charge is 0.167 e. The van der Waals surface area contributed by atoms with Gasteiger partial charge >= 0.3 is 0 Å². The van der Waals surface area contributed by atoms with Crippen LogP contribution in [0.25, 0.3) is 11.2 Å². The van der Waals surface area contributed by atoms with Crippen LogP contribution in [0.5, 0.6) is 0 Å². The number of fused-ring (bicyclic) bond motifs is 1. The summed E-state index contributed by atoms with van der Waals surface area (Å²) >= 11 is 0. The second kappa shape index (κ2) is 10.6. The zero-order valence-electron chi connectivity index (χ0n) is 20.4. The molecule has 2 fully saturated rings. The van der Waals surface area contributed by atoms with E-state index in [1.54, 1.807) is 6.33 Å². The quantitative estimate of drug-likeness (QED) is 0.449. The van der Waals surface area contributed by atoms with Crippen molar-refractivity contribution in [1.29, 1.82) is 0 Å². The predicted octanol–water partition coefficient (Wildman–Crippen LogP) is 3.39. The van der Waals surface area contributed by atoms with Crippen LogP contribution in [0, 0.1) is 5.92 Å². The highest BCUT2D eigenvalue weighted by molar-refractivity contribution is 5.82. The number of aliphatic hydroxyl groups excluding tert-OH is 2. The number of hydrogen-bond donors (Lipinski definition) is 3. The van der Waals surface area contributed by atoms with Crippen LogP contribution in [0.2, 0.25) is 0 Å². The summed E-state index contributed by atoms with van der Waals surface area (Å²) < 4.78 is 14.0. The van der Waals surface area contributed by atoms with E-state index in [2.05, 4.69) is 58.4 Å². The molecular formula is C26H35N5O4. The monoisotopic (exact) mass is 481 g/mol. The standard InChI is InChI=1S/C26H35N5O4/c1-16(2)18-8-6-17(7-9-18)12-34-22-5-3-4-20(22)30-25-24-26(28-14-27-25)31(15-29-24)23-10-21(33)19(11-32)13-35-23/h6-9,14-16,19-23,32-33H,3-5,10-13H2,1-2H3,(H,27,28,30). The van der Waals surface area contributed by atoms with Crippen LogP contribution in [0.4, 0.5) is 5.82 Å². The molecule has 3 heterocycles. The molecule has 2 aromatic heterocycles. The largest absolute Gasteiger partial charge is 0.396 e. The lowest BCUT2D eigenvalue weighted by atomic mass is 9.98. The summed E-state index contributed by atoms with van der Waals surface area (Å²) in [5.41, 5.74) is 3.84. The molecule has 3 N–H and O–H groups in total. The Morgan fingerprint density at radius 1 is 1.17 bits per heavy atom. The van der Waals surface area contributed by atoms with Crippen molar-refractivity contribution in [3.63, 3.8) is 0 Å². The molecule has 9 heteroatoms. The Kier molecular flexibility index (Phi) is 7.29. The molecule has 0 spiro atoms. The van der Waals surface area contributed by atoms with Crippen LogP contribution < -0.4 is 5.32 Å². The van der Waals surface area contributed by atoms with Crippen LogP contribution in [-0.4, -0.2) is 61.2 Å². The zero-order valence-corrected chi connectivity index (χ0v) is 20.4. The Morgan fingerprint density at radius 3 is 2.74 bits per heavy atom. The lowest BCUT2D eigenvalue weighted by Crippen LogP contribution is -2.37. The molecule has 35 heavy (non-hydrogen) atoms. The number of nitrogens with one attached hydrogen (secondary N) is 1. The molecule has 1 saturated carbocycles. The summed E-state index contributed by atoms with van der Waals surface area (Å²) in [5, 5.41) is 23.3. The van der Waals surface area contributed by atoms with Crippen molar-refractivity contribution in [2.24, 2.45) is 5.92 Å². The molecule has 2 aliphatic rings. The SMILES string of the molecule is CC(C)c1ccc(COC2CCCC2Nc2ncnc3c2ncn3C2CC(O)C(CO)CO2)cc1. The van der Waals surface area contributed by atoms with Crippen LogP contribution in [0.1, 0.15) is 62.8 Å². The highest BCUT2D eigenvalue weighted by Crippen LogP contribution is 2.32. The van der Waals surface area contributed by atoms with Gasteiger partial charge in [0.25, 0.3) is 0 Å². The number of rotatable bonds is 8. The second-order valence-corrected chi connectivity index (χ2v) is 10.0. The molecule has 188 valence electrons. The highest BCUT2D eigenvalue weighted by Gasteiger charge is 2.32. The first kappa shape index (κ1) is 24.1. The van der Waals surface area contributed by atoms with E-state index in [0.29, 0.717) is 42.5 Å². The number of ether oxygens (including phenoxy) is 2. The second-order valence-electron chi connectivity index (χ2n) is 10.0. The number of imidazole rings is 1. The summed E-state index contributed by atoms with van der Waals surface area (Å²) in [6.07, 6.45) is 5.77. The first-order valence-electron chi connectivity index (χ1n) is 12.6. The van der Waals surface area contributed by atoms with Crippen LogP contribution in [-0.2, 0) is 16.1 Å². The molecule has 0 amide bonds. The van der Waals surface area contributed by atoms with Crippen molar-refractivity contribution in [2.75, 3.05) is 18.5 Å². The molecule has 3 aromatic rings. The van der Waals surface area contributed by atoms with E-state index < -0.39 is 6.10 Å².